The number of allylic oxidation sites excluding steroid dienone is 2. The summed E-state index contributed by atoms with van der Waals surface area (Å²) in [5, 5.41) is 14.9. The molecule has 2 bridgehead atoms. The Hall–Kier alpha value is -1.47. The van der Waals surface area contributed by atoms with Gasteiger partial charge in [-0.15, -0.1) is 0 Å². The third-order valence-corrected chi connectivity index (χ3v) is 6.31. The molecule has 2 amide bonds. The molecule has 1 saturated carbocycles. The average Bonchev–Trinajstić information content (AvgIpc) is 2.85. The lowest BCUT2D eigenvalue weighted by Crippen LogP contribution is -2.38. The predicted molar refractivity (Wildman–Crippen MR) is 95.3 cm³/mol. The first-order valence-corrected chi connectivity index (χ1v) is 9.34. The van der Waals surface area contributed by atoms with Gasteiger partial charge < -0.3 is 5.11 Å². The van der Waals surface area contributed by atoms with Gasteiger partial charge in [0.05, 0.1) is 27.0 Å². The third-order valence-electron chi connectivity index (χ3n) is 5.10. The van der Waals surface area contributed by atoms with Gasteiger partial charge in [-0.1, -0.05) is 12.2 Å². The molecule has 0 aromatic heterocycles. The standard InChI is InChI=1S/C17H14Br2N2O3/c18-11-5-8(6-12(19)15(11)22)7-20-21-16(23)13-9-1-2-10(4-3-9)14(13)17(21)24/h1-2,5-7,9-10,13-14,22H,3-4H2/b20-7-/t9-,10-,13-,14+/m1/s1. The maximum absolute atomic E-state index is 12.6. The first-order chi connectivity index (χ1) is 11.5. The van der Waals surface area contributed by atoms with Crippen molar-refractivity contribution in [3.05, 3.63) is 38.8 Å². The molecule has 1 N–H and O–H groups in total. The van der Waals surface area contributed by atoms with Crippen molar-refractivity contribution in [1.29, 1.82) is 0 Å². The number of imide groups is 1. The van der Waals surface area contributed by atoms with Crippen LogP contribution in [0.4, 0.5) is 0 Å². The van der Waals surface area contributed by atoms with Crippen molar-refractivity contribution in [2.75, 3.05) is 0 Å². The molecule has 1 aromatic carbocycles. The van der Waals surface area contributed by atoms with Crippen molar-refractivity contribution in [2.24, 2.45) is 28.8 Å². The fourth-order valence-corrected chi connectivity index (χ4v) is 5.18. The first kappa shape index (κ1) is 16.0. The van der Waals surface area contributed by atoms with Crippen molar-refractivity contribution >= 4 is 49.9 Å². The van der Waals surface area contributed by atoms with Crippen LogP contribution < -0.4 is 0 Å². The van der Waals surface area contributed by atoms with Crippen molar-refractivity contribution < 1.29 is 14.7 Å². The molecule has 0 spiro atoms. The molecule has 1 heterocycles. The minimum Gasteiger partial charge on any atom is -0.506 e. The summed E-state index contributed by atoms with van der Waals surface area (Å²) in [6.45, 7) is 0. The number of rotatable bonds is 2. The summed E-state index contributed by atoms with van der Waals surface area (Å²) < 4.78 is 1.02. The zero-order valence-electron chi connectivity index (χ0n) is 12.5. The molecule has 0 radical (unpaired) electrons. The normalized spacial score (nSPS) is 31.3. The van der Waals surface area contributed by atoms with E-state index in [1.807, 2.05) is 0 Å². The van der Waals surface area contributed by atoms with E-state index >= 15 is 0 Å². The number of hydrogen-bond donors (Lipinski definition) is 1. The summed E-state index contributed by atoms with van der Waals surface area (Å²) in [7, 11) is 0. The van der Waals surface area contributed by atoms with Crippen LogP contribution in [0.2, 0.25) is 0 Å². The number of halogens is 2. The molecule has 1 aromatic rings. The zero-order chi connectivity index (χ0) is 17.0. The minimum atomic E-state index is -0.253. The Kier molecular flexibility index (Phi) is 3.88. The highest BCUT2D eigenvalue weighted by Crippen LogP contribution is 2.49. The Morgan fingerprint density at radius 1 is 1.04 bits per heavy atom. The fourth-order valence-electron chi connectivity index (χ4n) is 3.96. The molecule has 124 valence electrons. The first-order valence-electron chi connectivity index (χ1n) is 7.75. The van der Waals surface area contributed by atoms with Crippen molar-refractivity contribution in [2.45, 2.75) is 12.8 Å². The Bertz CT molecular complexity index is 750. The molecule has 4 aliphatic rings. The maximum atomic E-state index is 12.6. The average molecular weight is 454 g/mol. The second-order valence-electron chi connectivity index (χ2n) is 6.41. The van der Waals surface area contributed by atoms with Gasteiger partial charge in [0.25, 0.3) is 11.8 Å². The summed E-state index contributed by atoms with van der Waals surface area (Å²) in [5.41, 5.74) is 0.670. The summed E-state index contributed by atoms with van der Waals surface area (Å²) in [4.78, 5) is 25.3. The molecule has 3 aliphatic carbocycles. The van der Waals surface area contributed by atoms with Gasteiger partial charge in [-0.05, 0) is 74.2 Å². The molecule has 0 unspecified atom stereocenters. The Labute approximate surface area is 155 Å². The van der Waals surface area contributed by atoms with Crippen LogP contribution in [0.25, 0.3) is 0 Å². The number of hydrazone groups is 1. The highest BCUT2D eigenvalue weighted by atomic mass is 79.9. The summed E-state index contributed by atoms with van der Waals surface area (Å²) >= 11 is 6.50. The number of phenols is 1. The number of amides is 2. The van der Waals surface area contributed by atoms with Crippen molar-refractivity contribution in [3.8, 4) is 5.75 Å². The molecule has 1 saturated heterocycles. The molecule has 5 nitrogen and oxygen atoms in total. The molecule has 1 aliphatic heterocycles. The lowest BCUT2D eigenvalue weighted by Gasteiger charge is -2.37. The van der Waals surface area contributed by atoms with Gasteiger partial charge in [0.15, 0.2) is 0 Å². The quantitative estimate of drug-likeness (QED) is 0.423. The summed E-state index contributed by atoms with van der Waals surface area (Å²) in [6.07, 6.45) is 7.58. The Morgan fingerprint density at radius 2 is 1.54 bits per heavy atom. The van der Waals surface area contributed by atoms with E-state index in [4.69, 9.17) is 0 Å². The fraction of sp³-hybridized carbons (Fsp3) is 0.353. The minimum absolute atomic E-state index is 0.0918. The van der Waals surface area contributed by atoms with Crippen molar-refractivity contribution in [3.63, 3.8) is 0 Å². The van der Waals surface area contributed by atoms with Gasteiger partial charge in [0.1, 0.15) is 5.75 Å². The van der Waals surface area contributed by atoms with Crippen molar-refractivity contribution in [1.82, 2.24) is 5.01 Å². The van der Waals surface area contributed by atoms with Gasteiger partial charge in [-0.25, -0.2) is 0 Å². The summed E-state index contributed by atoms with van der Waals surface area (Å²) in [5.74, 6) is -0.487. The van der Waals surface area contributed by atoms with Gasteiger partial charge in [0, 0.05) is 0 Å². The van der Waals surface area contributed by atoms with Crippen LogP contribution in [-0.2, 0) is 9.59 Å². The molecule has 2 fully saturated rings. The van der Waals surface area contributed by atoms with E-state index in [2.05, 4.69) is 49.1 Å². The number of aromatic hydroxyl groups is 1. The van der Waals surface area contributed by atoms with Crippen LogP contribution in [0, 0.1) is 23.7 Å². The number of phenolic OH excluding ortho intramolecular Hbond substituents is 1. The topological polar surface area (TPSA) is 70.0 Å². The smallest absolute Gasteiger partial charge is 0.254 e. The highest BCUT2D eigenvalue weighted by Gasteiger charge is 2.56. The Morgan fingerprint density at radius 3 is 2.00 bits per heavy atom. The molecular formula is C17H14Br2N2O3. The largest absolute Gasteiger partial charge is 0.506 e. The summed E-state index contributed by atoms with van der Waals surface area (Å²) in [6, 6.07) is 3.35. The van der Waals surface area contributed by atoms with Crippen LogP contribution in [0.1, 0.15) is 18.4 Å². The van der Waals surface area contributed by atoms with Crippen LogP contribution >= 0.6 is 31.9 Å². The van der Waals surface area contributed by atoms with Gasteiger partial charge in [-0.2, -0.15) is 10.1 Å². The molecule has 7 heteroatoms. The monoisotopic (exact) mass is 452 g/mol. The predicted octanol–water partition coefficient (Wildman–Crippen LogP) is 3.45. The van der Waals surface area contributed by atoms with E-state index in [0.29, 0.717) is 14.5 Å². The second kappa shape index (κ2) is 5.81. The lowest BCUT2D eigenvalue weighted by atomic mass is 9.63. The zero-order valence-corrected chi connectivity index (χ0v) is 15.7. The SMILES string of the molecule is O=C1[C@@H]2[C@H](C(=O)N1/N=C\c1cc(Br)c(O)c(Br)c1)[C@@H]1C=C[C@@H]2CC1. The second-order valence-corrected chi connectivity index (χ2v) is 8.12. The van der Waals surface area contributed by atoms with E-state index < -0.39 is 0 Å². The molecular weight excluding hydrogens is 440 g/mol. The third kappa shape index (κ3) is 2.37. The van der Waals surface area contributed by atoms with Gasteiger partial charge in [-0.3, -0.25) is 9.59 Å². The van der Waals surface area contributed by atoms with E-state index in [1.54, 1.807) is 12.1 Å². The van der Waals surface area contributed by atoms with E-state index in [1.165, 1.54) is 6.21 Å². The number of nitrogens with zero attached hydrogens (tertiary/aromatic N) is 2. The van der Waals surface area contributed by atoms with Crippen LogP contribution in [0.15, 0.2) is 38.3 Å². The van der Waals surface area contributed by atoms with Crippen LogP contribution in [0.3, 0.4) is 0 Å². The highest BCUT2D eigenvalue weighted by molar-refractivity contribution is 9.11. The number of benzene rings is 1. The van der Waals surface area contributed by atoms with Crippen LogP contribution in [-0.4, -0.2) is 28.1 Å². The van der Waals surface area contributed by atoms with E-state index in [0.717, 1.165) is 17.9 Å². The number of hydrogen-bond acceptors (Lipinski definition) is 4. The number of carbonyl (C=O) groups is 2. The van der Waals surface area contributed by atoms with Gasteiger partial charge >= 0.3 is 0 Å². The Balaban J connectivity index is 1.62. The van der Waals surface area contributed by atoms with Crippen LogP contribution in [0.5, 0.6) is 5.75 Å². The molecule has 5 rings (SSSR count). The van der Waals surface area contributed by atoms with E-state index in [9.17, 15) is 14.7 Å². The van der Waals surface area contributed by atoms with Gasteiger partial charge in [0.2, 0.25) is 0 Å². The van der Waals surface area contributed by atoms with E-state index in [-0.39, 0.29) is 41.2 Å². The maximum Gasteiger partial charge on any atom is 0.254 e. The lowest BCUT2D eigenvalue weighted by molar-refractivity contribution is -0.140. The number of carbonyl (C=O) groups excluding carboxylic acids is 2. The molecule has 24 heavy (non-hydrogen) atoms. The number of fused-ring (bicyclic) bond motifs is 1. The molecule has 4 atom stereocenters.